The molecule has 0 amide bonds. The van der Waals surface area contributed by atoms with Crippen molar-refractivity contribution in [3.05, 3.63) is 0 Å². The number of hydrogen-bond acceptors (Lipinski definition) is 4. The van der Waals surface area contributed by atoms with E-state index in [0.717, 1.165) is 38.5 Å². The largest absolute Gasteiger partial charge is 0.480 e. The van der Waals surface area contributed by atoms with E-state index in [1.165, 1.54) is 0 Å². The molecule has 0 unspecified atom stereocenters. The van der Waals surface area contributed by atoms with Gasteiger partial charge in [0.15, 0.2) is 5.79 Å². The number of ether oxygens (including phenoxy) is 2. The van der Waals surface area contributed by atoms with E-state index >= 15 is 0 Å². The smallest absolute Gasteiger partial charge is 0.317 e. The van der Waals surface area contributed by atoms with Crippen LogP contribution in [0.3, 0.4) is 0 Å². The Morgan fingerprint density at radius 2 is 1.67 bits per heavy atom. The highest BCUT2D eigenvalue weighted by Crippen LogP contribution is 2.40. The molecule has 5 heteroatoms. The molecule has 1 heterocycles. The molecule has 0 aromatic carbocycles. The Labute approximate surface area is 107 Å². The van der Waals surface area contributed by atoms with Gasteiger partial charge in [0.05, 0.1) is 19.8 Å². The van der Waals surface area contributed by atoms with E-state index in [1.807, 2.05) is 0 Å². The van der Waals surface area contributed by atoms with Gasteiger partial charge in [-0.2, -0.15) is 0 Å². The summed E-state index contributed by atoms with van der Waals surface area (Å²) in [6.45, 7) is 1.59. The van der Waals surface area contributed by atoms with E-state index in [2.05, 4.69) is 4.90 Å². The van der Waals surface area contributed by atoms with E-state index in [1.54, 1.807) is 0 Å². The van der Waals surface area contributed by atoms with Gasteiger partial charge in [-0.25, -0.2) is 0 Å². The fraction of sp³-hybridized carbons (Fsp3) is 0.923. The van der Waals surface area contributed by atoms with Crippen LogP contribution in [0, 0.1) is 0 Å². The average Bonchev–Trinajstić information content (AvgIpc) is 3.10. The standard InChI is InChI=1S/C13H21NO4/c15-12(16)9-14(10-1-2-10)11-3-5-13(6-4-11)17-7-8-18-13/h10-11H,1-9H2,(H,15,16). The van der Waals surface area contributed by atoms with Crippen LogP contribution in [-0.4, -0.2) is 53.6 Å². The molecule has 0 bridgehead atoms. The number of hydrogen-bond donors (Lipinski definition) is 1. The van der Waals surface area contributed by atoms with Gasteiger partial charge < -0.3 is 14.6 Å². The van der Waals surface area contributed by atoms with Crippen LogP contribution < -0.4 is 0 Å². The molecule has 1 N–H and O–H groups in total. The third-order valence-corrected chi connectivity index (χ3v) is 4.33. The first-order valence-electron chi connectivity index (χ1n) is 6.94. The molecule has 0 aromatic rings. The van der Waals surface area contributed by atoms with Crippen LogP contribution in [0.1, 0.15) is 38.5 Å². The maximum Gasteiger partial charge on any atom is 0.317 e. The topological polar surface area (TPSA) is 59.0 Å². The first-order chi connectivity index (χ1) is 8.69. The highest BCUT2D eigenvalue weighted by Gasteiger charge is 2.44. The van der Waals surface area contributed by atoms with E-state index in [-0.39, 0.29) is 12.3 Å². The van der Waals surface area contributed by atoms with Crippen molar-refractivity contribution in [2.45, 2.75) is 56.4 Å². The normalized spacial score (nSPS) is 28.1. The first-order valence-corrected chi connectivity index (χ1v) is 6.94. The molecule has 3 aliphatic rings. The molecule has 3 rings (SSSR count). The van der Waals surface area contributed by atoms with E-state index in [0.29, 0.717) is 25.3 Å². The van der Waals surface area contributed by atoms with Crippen LogP contribution in [0.4, 0.5) is 0 Å². The average molecular weight is 255 g/mol. The number of nitrogens with zero attached hydrogens (tertiary/aromatic N) is 1. The molecule has 1 aliphatic heterocycles. The summed E-state index contributed by atoms with van der Waals surface area (Å²) in [6.07, 6.45) is 6.10. The number of carboxylic acid groups (broad SMARTS) is 1. The molecule has 0 radical (unpaired) electrons. The lowest BCUT2D eigenvalue weighted by atomic mass is 9.89. The van der Waals surface area contributed by atoms with Gasteiger partial charge in [0.2, 0.25) is 0 Å². The van der Waals surface area contributed by atoms with Crippen LogP contribution in [0.25, 0.3) is 0 Å². The fourth-order valence-corrected chi connectivity index (χ4v) is 3.28. The molecule has 2 saturated carbocycles. The SMILES string of the molecule is O=C(O)CN(C1CC1)C1CCC2(CC1)OCCO2. The number of carboxylic acids is 1. The van der Waals surface area contributed by atoms with Crippen molar-refractivity contribution in [3.8, 4) is 0 Å². The van der Waals surface area contributed by atoms with E-state index < -0.39 is 5.97 Å². The molecule has 1 spiro atoms. The second kappa shape index (κ2) is 4.79. The van der Waals surface area contributed by atoms with Gasteiger partial charge >= 0.3 is 5.97 Å². The summed E-state index contributed by atoms with van der Waals surface area (Å²) < 4.78 is 11.4. The molecular formula is C13H21NO4. The second-order valence-corrected chi connectivity index (χ2v) is 5.64. The molecular weight excluding hydrogens is 234 g/mol. The van der Waals surface area contributed by atoms with Crippen molar-refractivity contribution in [2.24, 2.45) is 0 Å². The molecule has 102 valence electrons. The minimum Gasteiger partial charge on any atom is -0.480 e. The number of rotatable bonds is 4. The number of carbonyl (C=O) groups is 1. The van der Waals surface area contributed by atoms with Gasteiger partial charge in [-0.15, -0.1) is 0 Å². The zero-order chi connectivity index (χ0) is 12.6. The summed E-state index contributed by atoms with van der Waals surface area (Å²) in [5.74, 6) is -1.05. The van der Waals surface area contributed by atoms with Crippen molar-refractivity contribution >= 4 is 5.97 Å². The monoisotopic (exact) mass is 255 g/mol. The van der Waals surface area contributed by atoms with Gasteiger partial charge in [-0.05, 0) is 25.7 Å². The quantitative estimate of drug-likeness (QED) is 0.818. The Kier molecular flexibility index (Phi) is 3.30. The maximum absolute atomic E-state index is 10.9. The molecule has 2 aliphatic carbocycles. The lowest BCUT2D eigenvalue weighted by Crippen LogP contribution is -2.46. The highest BCUT2D eigenvalue weighted by atomic mass is 16.7. The van der Waals surface area contributed by atoms with Crippen molar-refractivity contribution in [2.75, 3.05) is 19.8 Å². The van der Waals surface area contributed by atoms with Gasteiger partial charge in [0, 0.05) is 24.9 Å². The third-order valence-electron chi connectivity index (χ3n) is 4.33. The third kappa shape index (κ3) is 2.53. The first kappa shape index (κ1) is 12.4. The summed E-state index contributed by atoms with van der Waals surface area (Å²) in [7, 11) is 0. The van der Waals surface area contributed by atoms with Crippen molar-refractivity contribution in [3.63, 3.8) is 0 Å². The summed E-state index contributed by atoms with van der Waals surface area (Å²) in [4.78, 5) is 13.1. The minimum atomic E-state index is -0.712. The summed E-state index contributed by atoms with van der Waals surface area (Å²) in [5.41, 5.74) is 0. The van der Waals surface area contributed by atoms with Crippen LogP contribution in [0.15, 0.2) is 0 Å². The van der Waals surface area contributed by atoms with Crippen molar-refractivity contribution < 1.29 is 19.4 Å². The van der Waals surface area contributed by atoms with Crippen molar-refractivity contribution in [1.82, 2.24) is 4.90 Å². The van der Waals surface area contributed by atoms with Crippen LogP contribution >= 0.6 is 0 Å². The fourth-order valence-electron chi connectivity index (χ4n) is 3.28. The second-order valence-electron chi connectivity index (χ2n) is 5.64. The Balaban J connectivity index is 1.58. The number of aliphatic carboxylic acids is 1. The maximum atomic E-state index is 10.9. The molecule has 18 heavy (non-hydrogen) atoms. The summed E-state index contributed by atoms with van der Waals surface area (Å²) >= 11 is 0. The van der Waals surface area contributed by atoms with Gasteiger partial charge in [0.25, 0.3) is 0 Å². The predicted octanol–water partition coefficient (Wildman–Crippen LogP) is 1.22. The summed E-state index contributed by atoms with van der Waals surface area (Å²) in [6, 6.07) is 0.901. The van der Waals surface area contributed by atoms with Gasteiger partial charge in [-0.3, -0.25) is 9.69 Å². The molecule has 0 atom stereocenters. The van der Waals surface area contributed by atoms with Gasteiger partial charge in [-0.1, -0.05) is 0 Å². The van der Waals surface area contributed by atoms with E-state index in [4.69, 9.17) is 14.6 Å². The zero-order valence-electron chi connectivity index (χ0n) is 10.6. The molecule has 0 aromatic heterocycles. The summed E-state index contributed by atoms with van der Waals surface area (Å²) in [5, 5.41) is 9.01. The van der Waals surface area contributed by atoms with E-state index in [9.17, 15) is 4.79 Å². The zero-order valence-corrected chi connectivity index (χ0v) is 10.6. The van der Waals surface area contributed by atoms with Crippen molar-refractivity contribution in [1.29, 1.82) is 0 Å². The Bertz CT molecular complexity index is 313. The van der Waals surface area contributed by atoms with Crippen LogP contribution in [0.5, 0.6) is 0 Å². The predicted molar refractivity (Wildman–Crippen MR) is 64.3 cm³/mol. The lowest BCUT2D eigenvalue weighted by molar-refractivity contribution is -0.184. The molecule has 1 saturated heterocycles. The Hall–Kier alpha value is -0.650. The molecule has 3 fully saturated rings. The Morgan fingerprint density at radius 1 is 1.11 bits per heavy atom. The minimum absolute atomic E-state index is 0.185. The van der Waals surface area contributed by atoms with Gasteiger partial charge in [0.1, 0.15) is 0 Å². The lowest BCUT2D eigenvalue weighted by Gasteiger charge is -2.40. The van der Waals surface area contributed by atoms with Crippen LogP contribution in [0.2, 0.25) is 0 Å². The highest BCUT2D eigenvalue weighted by molar-refractivity contribution is 5.69. The molecule has 5 nitrogen and oxygen atoms in total. The van der Waals surface area contributed by atoms with Crippen LogP contribution in [-0.2, 0) is 14.3 Å². The Morgan fingerprint density at radius 3 is 2.17 bits per heavy atom.